The van der Waals surface area contributed by atoms with Gasteiger partial charge in [-0.25, -0.2) is 13.2 Å². The van der Waals surface area contributed by atoms with Crippen molar-refractivity contribution in [3.05, 3.63) is 65.0 Å². The van der Waals surface area contributed by atoms with Crippen LogP contribution in [-0.4, -0.2) is 5.78 Å². The Labute approximate surface area is 107 Å². The minimum absolute atomic E-state index is 0.109. The molecule has 2 N–H and O–H groups in total. The lowest BCUT2D eigenvalue weighted by Gasteiger charge is -2.04. The Morgan fingerprint density at radius 1 is 0.947 bits per heavy atom. The largest absolute Gasteiger partial charge is 0.399 e. The first kappa shape index (κ1) is 13.1. The molecule has 0 fully saturated rings. The fourth-order valence-electron chi connectivity index (χ4n) is 1.66. The normalized spacial score (nSPS) is 10.5. The summed E-state index contributed by atoms with van der Waals surface area (Å²) in [5.41, 5.74) is 6.18. The minimum Gasteiger partial charge on any atom is -0.399 e. The molecule has 0 unspecified atom stereocenters. The van der Waals surface area contributed by atoms with E-state index in [-0.39, 0.29) is 6.42 Å². The summed E-state index contributed by atoms with van der Waals surface area (Å²) >= 11 is 0. The van der Waals surface area contributed by atoms with Crippen LogP contribution in [0.4, 0.5) is 18.9 Å². The van der Waals surface area contributed by atoms with Gasteiger partial charge in [0, 0.05) is 12.1 Å². The van der Waals surface area contributed by atoms with Crippen LogP contribution in [0.2, 0.25) is 0 Å². The predicted molar refractivity (Wildman–Crippen MR) is 65.2 cm³/mol. The Hall–Kier alpha value is -2.30. The third-order valence-corrected chi connectivity index (χ3v) is 2.68. The molecule has 0 aliphatic carbocycles. The number of hydrogen-bond donors (Lipinski definition) is 1. The molecule has 0 amide bonds. The number of nitrogen functional groups attached to an aromatic ring is 1. The van der Waals surface area contributed by atoms with Gasteiger partial charge in [-0.15, -0.1) is 0 Å². The van der Waals surface area contributed by atoms with Crippen LogP contribution in [0.5, 0.6) is 0 Å². The van der Waals surface area contributed by atoms with E-state index < -0.39 is 28.8 Å². The van der Waals surface area contributed by atoms with Crippen molar-refractivity contribution in [2.24, 2.45) is 0 Å². The average Bonchev–Trinajstić information content (AvgIpc) is 2.39. The first-order valence-electron chi connectivity index (χ1n) is 5.50. The number of Topliss-reactive ketones (excluding diaryl/α,β-unsaturated/α-hetero) is 1. The molecule has 0 heterocycles. The maximum absolute atomic E-state index is 13.4. The lowest BCUT2D eigenvalue weighted by molar-refractivity contribution is 0.0988. The molecule has 2 nitrogen and oxygen atoms in total. The van der Waals surface area contributed by atoms with Gasteiger partial charge < -0.3 is 5.73 Å². The van der Waals surface area contributed by atoms with Crippen molar-refractivity contribution in [2.75, 3.05) is 5.73 Å². The molecule has 0 saturated heterocycles. The molecule has 0 aliphatic rings. The zero-order chi connectivity index (χ0) is 14.0. The minimum atomic E-state index is -1.64. The van der Waals surface area contributed by atoms with Crippen molar-refractivity contribution in [1.82, 2.24) is 0 Å². The lowest BCUT2D eigenvalue weighted by atomic mass is 10.0. The first-order valence-corrected chi connectivity index (χ1v) is 5.50. The van der Waals surface area contributed by atoms with Crippen LogP contribution in [0.3, 0.4) is 0 Å². The summed E-state index contributed by atoms with van der Waals surface area (Å²) in [6.07, 6.45) is -0.109. The Morgan fingerprint density at radius 3 is 2.21 bits per heavy atom. The zero-order valence-corrected chi connectivity index (χ0v) is 9.79. The second-order valence-corrected chi connectivity index (χ2v) is 4.06. The van der Waals surface area contributed by atoms with E-state index in [4.69, 9.17) is 5.73 Å². The van der Waals surface area contributed by atoms with Gasteiger partial charge >= 0.3 is 0 Å². The lowest BCUT2D eigenvalue weighted by Crippen LogP contribution is -2.08. The van der Waals surface area contributed by atoms with E-state index >= 15 is 0 Å². The number of halogens is 3. The Balaban J connectivity index is 2.25. The van der Waals surface area contributed by atoms with E-state index in [2.05, 4.69) is 0 Å². The molecule has 0 spiro atoms. The molecule has 0 aliphatic heterocycles. The summed E-state index contributed by atoms with van der Waals surface area (Å²) in [6, 6.07) is 8.10. The van der Waals surface area contributed by atoms with Crippen LogP contribution >= 0.6 is 0 Å². The molecule has 0 saturated carbocycles. The fraction of sp³-hybridized carbons (Fsp3) is 0.0714. The van der Waals surface area contributed by atoms with Gasteiger partial charge in [0.15, 0.2) is 23.2 Å². The summed E-state index contributed by atoms with van der Waals surface area (Å²) < 4.78 is 39.2. The molecular weight excluding hydrogens is 255 g/mol. The van der Waals surface area contributed by atoms with Gasteiger partial charge in [-0.05, 0) is 29.8 Å². The molecule has 2 aromatic rings. The number of carbonyl (C=O) groups excluding carboxylic acids is 1. The van der Waals surface area contributed by atoms with Crippen molar-refractivity contribution < 1.29 is 18.0 Å². The standard InChI is InChI=1S/C14H10F3NO/c15-11-6-5-10(13(16)14(11)17)12(19)7-8-1-3-9(18)4-2-8/h1-6H,7,18H2. The van der Waals surface area contributed by atoms with Crippen LogP contribution in [0.15, 0.2) is 36.4 Å². The highest BCUT2D eigenvalue weighted by Gasteiger charge is 2.18. The topological polar surface area (TPSA) is 43.1 Å². The highest BCUT2D eigenvalue weighted by Crippen LogP contribution is 2.17. The number of carbonyl (C=O) groups is 1. The number of rotatable bonds is 3. The fourth-order valence-corrected chi connectivity index (χ4v) is 1.66. The molecule has 98 valence electrons. The molecule has 2 aromatic carbocycles. The van der Waals surface area contributed by atoms with E-state index in [1.54, 1.807) is 24.3 Å². The highest BCUT2D eigenvalue weighted by molar-refractivity contribution is 5.97. The van der Waals surface area contributed by atoms with Crippen LogP contribution < -0.4 is 5.73 Å². The van der Waals surface area contributed by atoms with Crippen molar-refractivity contribution in [2.45, 2.75) is 6.42 Å². The number of anilines is 1. The molecule has 0 bridgehead atoms. The van der Waals surface area contributed by atoms with Crippen molar-refractivity contribution in [1.29, 1.82) is 0 Å². The smallest absolute Gasteiger partial charge is 0.195 e. The third kappa shape index (κ3) is 2.76. The average molecular weight is 265 g/mol. The first-order chi connectivity index (χ1) is 8.99. The van der Waals surface area contributed by atoms with Gasteiger partial charge in [0.1, 0.15) is 0 Å². The summed E-state index contributed by atoms with van der Waals surface area (Å²) in [5.74, 6) is -5.04. The summed E-state index contributed by atoms with van der Waals surface area (Å²) in [5, 5.41) is 0. The van der Waals surface area contributed by atoms with Gasteiger partial charge in [0.2, 0.25) is 0 Å². The number of ketones is 1. The number of benzene rings is 2. The van der Waals surface area contributed by atoms with Gasteiger partial charge in [-0.2, -0.15) is 0 Å². The Kier molecular flexibility index (Phi) is 3.55. The van der Waals surface area contributed by atoms with Gasteiger partial charge in [0.25, 0.3) is 0 Å². The van der Waals surface area contributed by atoms with E-state index in [1.807, 2.05) is 0 Å². The van der Waals surface area contributed by atoms with Crippen LogP contribution in [0.25, 0.3) is 0 Å². The van der Waals surface area contributed by atoms with E-state index in [0.717, 1.165) is 12.1 Å². The molecule has 19 heavy (non-hydrogen) atoms. The Morgan fingerprint density at radius 2 is 1.58 bits per heavy atom. The van der Waals surface area contributed by atoms with Gasteiger partial charge in [-0.1, -0.05) is 12.1 Å². The molecule has 0 radical (unpaired) electrons. The van der Waals surface area contributed by atoms with Crippen molar-refractivity contribution in [3.8, 4) is 0 Å². The van der Waals surface area contributed by atoms with Gasteiger partial charge in [0.05, 0.1) is 5.56 Å². The molecule has 0 aromatic heterocycles. The van der Waals surface area contributed by atoms with Crippen LogP contribution in [0, 0.1) is 17.5 Å². The number of hydrogen-bond acceptors (Lipinski definition) is 2. The molecular formula is C14H10F3NO. The second kappa shape index (κ2) is 5.14. The summed E-state index contributed by atoms with van der Waals surface area (Å²) in [7, 11) is 0. The van der Waals surface area contributed by atoms with Crippen LogP contribution in [-0.2, 0) is 6.42 Å². The molecule has 5 heteroatoms. The summed E-state index contributed by atoms with van der Waals surface area (Å²) in [6.45, 7) is 0. The van der Waals surface area contributed by atoms with E-state index in [1.165, 1.54) is 0 Å². The molecule has 0 atom stereocenters. The number of nitrogens with two attached hydrogens (primary N) is 1. The third-order valence-electron chi connectivity index (χ3n) is 2.68. The van der Waals surface area contributed by atoms with Crippen molar-refractivity contribution in [3.63, 3.8) is 0 Å². The van der Waals surface area contributed by atoms with Gasteiger partial charge in [-0.3, -0.25) is 4.79 Å². The van der Waals surface area contributed by atoms with Crippen LogP contribution in [0.1, 0.15) is 15.9 Å². The van der Waals surface area contributed by atoms with E-state index in [9.17, 15) is 18.0 Å². The monoisotopic (exact) mass is 265 g/mol. The Bertz CT molecular complexity index is 623. The van der Waals surface area contributed by atoms with E-state index in [0.29, 0.717) is 11.3 Å². The second-order valence-electron chi connectivity index (χ2n) is 4.06. The highest BCUT2D eigenvalue weighted by atomic mass is 19.2. The quantitative estimate of drug-likeness (QED) is 0.526. The maximum atomic E-state index is 13.4. The predicted octanol–water partition coefficient (Wildman–Crippen LogP) is 3.11. The maximum Gasteiger partial charge on any atom is 0.195 e. The SMILES string of the molecule is Nc1ccc(CC(=O)c2ccc(F)c(F)c2F)cc1. The zero-order valence-electron chi connectivity index (χ0n) is 9.79. The molecule has 2 rings (SSSR count). The van der Waals surface area contributed by atoms with Crippen molar-refractivity contribution >= 4 is 11.5 Å². The summed E-state index contributed by atoms with van der Waals surface area (Å²) in [4.78, 5) is 11.8.